The van der Waals surface area contributed by atoms with E-state index < -0.39 is 5.97 Å². The summed E-state index contributed by atoms with van der Waals surface area (Å²) in [5, 5.41) is 21.0. The van der Waals surface area contributed by atoms with E-state index in [4.69, 9.17) is 9.84 Å². The second kappa shape index (κ2) is 11.3. The molecule has 0 radical (unpaired) electrons. The van der Waals surface area contributed by atoms with Crippen molar-refractivity contribution in [3.05, 3.63) is 65.5 Å². The SMILES string of the molecule is CCn1c(CCCc2ccc(OC)cc2)nnc1SCC(=O)Nc1ccc(C(=O)O)cc1. The number of carboxylic acids is 1. The number of carbonyl (C=O) groups is 2. The number of methoxy groups -OCH3 is 1. The molecule has 0 spiro atoms. The lowest BCUT2D eigenvalue weighted by molar-refractivity contribution is -0.113. The van der Waals surface area contributed by atoms with Gasteiger partial charge in [-0.05, 0) is 61.7 Å². The van der Waals surface area contributed by atoms with Gasteiger partial charge in [0.1, 0.15) is 11.6 Å². The molecule has 1 aromatic heterocycles. The van der Waals surface area contributed by atoms with Crippen molar-refractivity contribution in [3.8, 4) is 5.75 Å². The molecular formula is C23H26N4O4S. The number of rotatable bonds is 11. The summed E-state index contributed by atoms with van der Waals surface area (Å²) < 4.78 is 7.22. The van der Waals surface area contributed by atoms with Crippen LogP contribution in [0.3, 0.4) is 0 Å². The number of anilines is 1. The molecule has 0 fully saturated rings. The second-order valence-electron chi connectivity index (χ2n) is 7.06. The number of ether oxygens (including phenoxy) is 1. The summed E-state index contributed by atoms with van der Waals surface area (Å²) in [4.78, 5) is 23.2. The van der Waals surface area contributed by atoms with Crippen molar-refractivity contribution >= 4 is 29.3 Å². The summed E-state index contributed by atoms with van der Waals surface area (Å²) in [6.07, 6.45) is 2.68. The number of thioether (sulfide) groups is 1. The van der Waals surface area contributed by atoms with E-state index in [1.807, 2.05) is 23.6 Å². The molecule has 0 aliphatic heterocycles. The van der Waals surface area contributed by atoms with E-state index in [1.54, 1.807) is 19.2 Å². The smallest absolute Gasteiger partial charge is 0.335 e. The summed E-state index contributed by atoms with van der Waals surface area (Å²) in [6, 6.07) is 14.1. The fourth-order valence-electron chi connectivity index (χ4n) is 3.19. The average molecular weight is 455 g/mol. The van der Waals surface area contributed by atoms with Crippen LogP contribution in [-0.2, 0) is 24.2 Å². The largest absolute Gasteiger partial charge is 0.497 e. The van der Waals surface area contributed by atoms with Crippen LogP contribution < -0.4 is 10.1 Å². The predicted molar refractivity (Wildman–Crippen MR) is 123 cm³/mol. The van der Waals surface area contributed by atoms with Gasteiger partial charge in [-0.15, -0.1) is 10.2 Å². The van der Waals surface area contributed by atoms with Crippen LogP contribution in [0.25, 0.3) is 0 Å². The number of hydrogen-bond donors (Lipinski definition) is 2. The normalized spacial score (nSPS) is 10.7. The molecule has 3 aromatic rings. The van der Waals surface area contributed by atoms with E-state index in [9.17, 15) is 9.59 Å². The van der Waals surface area contributed by atoms with Gasteiger partial charge in [0.2, 0.25) is 5.91 Å². The Bertz CT molecular complexity index is 1050. The van der Waals surface area contributed by atoms with E-state index >= 15 is 0 Å². The zero-order chi connectivity index (χ0) is 22.9. The molecule has 1 amide bonds. The van der Waals surface area contributed by atoms with E-state index in [2.05, 4.69) is 27.6 Å². The quantitative estimate of drug-likeness (QED) is 0.423. The molecule has 0 saturated carbocycles. The van der Waals surface area contributed by atoms with Gasteiger partial charge in [-0.2, -0.15) is 0 Å². The third-order valence-corrected chi connectivity index (χ3v) is 5.85. The van der Waals surface area contributed by atoms with Crippen molar-refractivity contribution in [1.29, 1.82) is 0 Å². The fraction of sp³-hybridized carbons (Fsp3) is 0.304. The van der Waals surface area contributed by atoms with Crippen molar-refractivity contribution in [2.75, 3.05) is 18.2 Å². The number of hydrogen-bond acceptors (Lipinski definition) is 6. The monoisotopic (exact) mass is 454 g/mol. The first-order valence-electron chi connectivity index (χ1n) is 10.3. The summed E-state index contributed by atoms with van der Waals surface area (Å²) in [7, 11) is 1.66. The highest BCUT2D eigenvalue weighted by molar-refractivity contribution is 7.99. The fourth-order valence-corrected chi connectivity index (χ4v) is 4.02. The Hall–Kier alpha value is -3.33. The molecule has 3 rings (SSSR count). The molecule has 32 heavy (non-hydrogen) atoms. The van der Waals surface area contributed by atoms with Crippen LogP contribution in [0.4, 0.5) is 5.69 Å². The highest BCUT2D eigenvalue weighted by Crippen LogP contribution is 2.19. The van der Waals surface area contributed by atoms with Crippen molar-refractivity contribution < 1.29 is 19.4 Å². The Labute approximate surface area is 191 Å². The molecule has 0 aliphatic rings. The molecule has 0 aliphatic carbocycles. The number of carboxylic acid groups (broad SMARTS) is 1. The molecule has 0 unspecified atom stereocenters. The lowest BCUT2D eigenvalue weighted by Crippen LogP contribution is -2.15. The molecule has 2 N–H and O–H groups in total. The number of amides is 1. The molecule has 8 nitrogen and oxygen atoms in total. The highest BCUT2D eigenvalue weighted by Gasteiger charge is 2.13. The van der Waals surface area contributed by atoms with Gasteiger partial charge in [-0.25, -0.2) is 4.79 Å². The summed E-state index contributed by atoms with van der Waals surface area (Å²) in [5.74, 6) is 0.752. The lowest BCUT2D eigenvalue weighted by atomic mass is 10.1. The van der Waals surface area contributed by atoms with Crippen LogP contribution in [0.1, 0.15) is 35.1 Å². The summed E-state index contributed by atoms with van der Waals surface area (Å²) in [5.41, 5.74) is 1.97. The maximum Gasteiger partial charge on any atom is 0.335 e. The van der Waals surface area contributed by atoms with E-state index in [1.165, 1.54) is 29.5 Å². The van der Waals surface area contributed by atoms with Crippen molar-refractivity contribution in [2.45, 2.75) is 37.9 Å². The minimum Gasteiger partial charge on any atom is -0.497 e. The third kappa shape index (κ3) is 6.34. The second-order valence-corrected chi connectivity index (χ2v) is 8.01. The molecular weight excluding hydrogens is 428 g/mol. The lowest BCUT2D eigenvalue weighted by Gasteiger charge is -2.08. The molecule has 0 saturated heterocycles. The minimum absolute atomic E-state index is 0.174. The third-order valence-electron chi connectivity index (χ3n) is 4.88. The van der Waals surface area contributed by atoms with Gasteiger partial charge in [0.05, 0.1) is 18.4 Å². The highest BCUT2D eigenvalue weighted by atomic mass is 32.2. The standard InChI is InChI=1S/C23H26N4O4S/c1-3-27-20(6-4-5-16-7-13-19(31-2)14-8-16)25-26-23(27)32-15-21(28)24-18-11-9-17(10-12-18)22(29)30/h7-14H,3-6,15H2,1-2H3,(H,24,28)(H,29,30). The Morgan fingerprint density at radius 2 is 1.78 bits per heavy atom. The van der Waals surface area contributed by atoms with Crippen LogP contribution >= 0.6 is 11.8 Å². The number of benzene rings is 2. The first-order valence-corrected chi connectivity index (χ1v) is 11.3. The summed E-state index contributed by atoms with van der Waals surface area (Å²) in [6.45, 7) is 2.76. The first-order chi connectivity index (χ1) is 15.5. The van der Waals surface area contributed by atoms with Crippen molar-refractivity contribution in [3.63, 3.8) is 0 Å². The minimum atomic E-state index is -1.00. The Morgan fingerprint density at radius 3 is 2.41 bits per heavy atom. The van der Waals surface area contributed by atoms with Crippen LogP contribution in [0.2, 0.25) is 0 Å². The Balaban J connectivity index is 1.50. The van der Waals surface area contributed by atoms with Gasteiger partial charge in [0.25, 0.3) is 0 Å². The van der Waals surface area contributed by atoms with Gasteiger partial charge < -0.3 is 19.7 Å². The number of nitrogens with zero attached hydrogens (tertiary/aromatic N) is 3. The topological polar surface area (TPSA) is 106 Å². The zero-order valence-corrected chi connectivity index (χ0v) is 18.9. The van der Waals surface area contributed by atoms with Gasteiger partial charge >= 0.3 is 5.97 Å². The van der Waals surface area contributed by atoms with Gasteiger partial charge in [0, 0.05) is 18.7 Å². The maximum absolute atomic E-state index is 12.3. The molecule has 1 heterocycles. The van der Waals surface area contributed by atoms with E-state index in [-0.39, 0.29) is 17.2 Å². The Kier molecular flexibility index (Phi) is 8.27. The van der Waals surface area contributed by atoms with E-state index in [0.29, 0.717) is 10.8 Å². The molecule has 0 atom stereocenters. The zero-order valence-electron chi connectivity index (χ0n) is 18.1. The number of nitrogens with one attached hydrogen (secondary N) is 1. The van der Waals surface area contributed by atoms with Gasteiger partial charge in [-0.1, -0.05) is 23.9 Å². The first kappa shape index (κ1) is 23.3. The van der Waals surface area contributed by atoms with Crippen LogP contribution in [0.15, 0.2) is 53.7 Å². The number of aromatic nitrogens is 3. The van der Waals surface area contributed by atoms with Gasteiger partial charge in [0.15, 0.2) is 5.16 Å². The molecule has 168 valence electrons. The Morgan fingerprint density at radius 1 is 1.06 bits per heavy atom. The predicted octanol–water partition coefficient (Wildman–Crippen LogP) is 3.91. The van der Waals surface area contributed by atoms with Crippen molar-refractivity contribution in [1.82, 2.24) is 14.8 Å². The molecule has 2 aromatic carbocycles. The maximum atomic E-state index is 12.3. The van der Waals surface area contributed by atoms with Crippen molar-refractivity contribution in [2.24, 2.45) is 0 Å². The van der Waals surface area contributed by atoms with Crippen LogP contribution in [0, 0.1) is 0 Å². The molecule has 0 bridgehead atoms. The van der Waals surface area contributed by atoms with Crippen LogP contribution in [-0.4, -0.2) is 44.6 Å². The van der Waals surface area contributed by atoms with Crippen LogP contribution in [0.5, 0.6) is 5.75 Å². The summed E-state index contributed by atoms with van der Waals surface area (Å²) >= 11 is 1.33. The van der Waals surface area contributed by atoms with Gasteiger partial charge in [-0.3, -0.25) is 4.79 Å². The molecule has 9 heteroatoms. The number of aryl methyl sites for hydroxylation is 2. The number of carbonyl (C=O) groups excluding carboxylic acids is 1. The number of aromatic carboxylic acids is 1. The average Bonchev–Trinajstić information content (AvgIpc) is 3.20. The van der Waals surface area contributed by atoms with E-state index in [0.717, 1.165) is 37.4 Å².